The van der Waals surface area contributed by atoms with Crippen LogP contribution in [0.4, 0.5) is 8.78 Å². The van der Waals surface area contributed by atoms with Crippen LogP contribution >= 0.6 is 22.9 Å². The number of rotatable bonds is 2. The molecule has 0 aliphatic carbocycles. The van der Waals surface area contributed by atoms with E-state index in [2.05, 4.69) is 20.6 Å². The minimum absolute atomic E-state index is 0.154. The number of aromatic amines is 1. The molecule has 0 bridgehead atoms. The molecule has 2 aromatic rings. The summed E-state index contributed by atoms with van der Waals surface area (Å²) in [4.78, 5) is 0.273. The number of hydrogen-bond acceptors (Lipinski definition) is 4. The Hall–Kier alpha value is -1.08. The fourth-order valence-electron chi connectivity index (χ4n) is 0.976. The lowest BCUT2D eigenvalue weighted by Gasteiger charge is -1.96. The normalized spacial score (nSPS) is 11.1. The van der Waals surface area contributed by atoms with Gasteiger partial charge in [0.2, 0.25) is 0 Å². The van der Waals surface area contributed by atoms with Gasteiger partial charge in [0.1, 0.15) is 0 Å². The summed E-state index contributed by atoms with van der Waals surface area (Å²) >= 11 is 6.64. The first kappa shape index (κ1) is 9.47. The summed E-state index contributed by atoms with van der Waals surface area (Å²) in [6.45, 7) is 0. The van der Waals surface area contributed by atoms with E-state index < -0.39 is 6.43 Å². The van der Waals surface area contributed by atoms with Crippen LogP contribution in [0.5, 0.6) is 0 Å². The highest BCUT2D eigenvalue weighted by molar-refractivity contribution is 7.19. The fourth-order valence-corrected chi connectivity index (χ4v) is 2.16. The van der Waals surface area contributed by atoms with Crippen molar-refractivity contribution in [2.75, 3.05) is 0 Å². The predicted octanol–water partition coefficient (Wildman–Crippen LogP) is 2.52. The second kappa shape index (κ2) is 3.58. The van der Waals surface area contributed by atoms with Crippen LogP contribution in [-0.2, 0) is 0 Å². The molecule has 0 radical (unpaired) electrons. The minimum atomic E-state index is -2.58. The number of aromatic nitrogens is 4. The molecule has 8 heteroatoms. The first-order valence-corrected chi connectivity index (χ1v) is 4.69. The number of nitrogens with one attached hydrogen (secondary N) is 1. The van der Waals surface area contributed by atoms with Crippen molar-refractivity contribution in [2.45, 2.75) is 6.43 Å². The van der Waals surface area contributed by atoms with Gasteiger partial charge < -0.3 is 0 Å². The molecule has 74 valence electrons. The maximum Gasteiger partial charge on any atom is 0.265 e. The Bertz CT molecular complexity index is 427. The monoisotopic (exact) mass is 236 g/mol. The molecule has 0 aliphatic heterocycles. The van der Waals surface area contributed by atoms with Crippen LogP contribution in [0.1, 0.15) is 12.0 Å². The van der Waals surface area contributed by atoms with Crippen molar-refractivity contribution >= 4 is 22.9 Å². The van der Waals surface area contributed by atoms with Crippen LogP contribution < -0.4 is 0 Å². The summed E-state index contributed by atoms with van der Waals surface area (Å²) < 4.78 is 25.3. The summed E-state index contributed by atoms with van der Waals surface area (Å²) in [7, 11) is 0. The summed E-state index contributed by atoms with van der Waals surface area (Å²) in [6.07, 6.45) is -2.58. The van der Waals surface area contributed by atoms with Gasteiger partial charge in [0, 0.05) is 5.56 Å². The first-order chi connectivity index (χ1) is 6.68. The summed E-state index contributed by atoms with van der Waals surface area (Å²) in [5, 5.41) is 12.6. The van der Waals surface area contributed by atoms with Crippen molar-refractivity contribution in [3.8, 4) is 10.7 Å². The maximum absolute atomic E-state index is 12.5. The highest BCUT2D eigenvalue weighted by atomic mass is 35.5. The third-order valence-electron chi connectivity index (χ3n) is 1.53. The van der Waals surface area contributed by atoms with E-state index in [1.165, 1.54) is 6.07 Å². The minimum Gasteiger partial charge on any atom is -0.238 e. The van der Waals surface area contributed by atoms with Gasteiger partial charge in [-0.15, -0.1) is 16.4 Å². The number of H-pyrrole nitrogens is 1. The molecule has 4 nitrogen and oxygen atoms in total. The van der Waals surface area contributed by atoms with Crippen molar-refractivity contribution in [2.24, 2.45) is 0 Å². The summed E-state index contributed by atoms with van der Waals surface area (Å²) in [6, 6.07) is 1.22. The quantitative estimate of drug-likeness (QED) is 0.872. The van der Waals surface area contributed by atoms with E-state index in [9.17, 15) is 8.78 Å². The lowest BCUT2D eigenvalue weighted by molar-refractivity contribution is 0.152. The molecule has 0 amide bonds. The van der Waals surface area contributed by atoms with Gasteiger partial charge in [-0.1, -0.05) is 11.6 Å². The maximum atomic E-state index is 12.5. The molecule has 14 heavy (non-hydrogen) atoms. The third-order valence-corrected chi connectivity index (χ3v) is 2.81. The van der Waals surface area contributed by atoms with E-state index in [-0.39, 0.29) is 20.6 Å². The zero-order valence-electron chi connectivity index (χ0n) is 6.54. The molecule has 0 saturated carbocycles. The van der Waals surface area contributed by atoms with Crippen LogP contribution in [0.15, 0.2) is 6.07 Å². The Labute approximate surface area is 85.9 Å². The molecular formula is C6H3ClF2N4S. The molecule has 1 N–H and O–H groups in total. The van der Waals surface area contributed by atoms with Crippen LogP contribution in [0.25, 0.3) is 10.7 Å². The van der Waals surface area contributed by atoms with Gasteiger partial charge in [-0.25, -0.2) is 13.9 Å². The van der Waals surface area contributed by atoms with Crippen LogP contribution in [-0.4, -0.2) is 20.6 Å². The molecule has 0 atom stereocenters. The molecule has 2 heterocycles. The van der Waals surface area contributed by atoms with Gasteiger partial charge >= 0.3 is 0 Å². The van der Waals surface area contributed by atoms with Crippen molar-refractivity contribution in [1.82, 2.24) is 20.6 Å². The lowest BCUT2D eigenvalue weighted by atomic mass is 10.2. The van der Waals surface area contributed by atoms with E-state index >= 15 is 0 Å². The van der Waals surface area contributed by atoms with Crippen molar-refractivity contribution < 1.29 is 8.78 Å². The van der Waals surface area contributed by atoms with Gasteiger partial charge in [-0.2, -0.15) is 0 Å². The Morgan fingerprint density at radius 1 is 1.50 bits per heavy atom. The average Bonchev–Trinajstić information content (AvgIpc) is 2.70. The van der Waals surface area contributed by atoms with E-state index in [0.29, 0.717) is 0 Å². The number of halogens is 3. The number of alkyl halides is 2. The number of thiophene rings is 1. The topological polar surface area (TPSA) is 54.5 Å². The van der Waals surface area contributed by atoms with Crippen molar-refractivity contribution in [3.63, 3.8) is 0 Å². The Morgan fingerprint density at radius 3 is 2.86 bits per heavy atom. The van der Waals surface area contributed by atoms with Gasteiger partial charge in [0.05, 0.1) is 9.21 Å². The number of nitrogens with zero attached hydrogens (tertiary/aromatic N) is 3. The van der Waals surface area contributed by atoms with E-state index in [4.69, 9.17) is 11.6 Å². The van der Waals surface area contributed by atoms with Gasteiger partial charge in [-0.3, -0.25) is 0 Å². The van der Waals surface area contributed by atoms with E-state index in [1.54, 1.807) is 0 Å². The first-order valence-electron chi connectivity index (χ1n) is 3.50. The predicted molar refractivity (Wildman–Crippen MR) is 47.5 cm³/mol. The van der Waals surface area contributed by atoms with Crippen molar-refractivity contribution in [3.05, 3.63) is 16.0 Å². The molecule has 0 aliphatic rings. The molecule has 0 fully saturated rings. The average molecular weight is 237 g/mol. The zero-order chi connectivity index (χ0) is 10.1. The molecule has 0 aromatic carbocycles. The van der Waals surface area contributed by atoms with Crippen LogP contribution in [0.2, 0.25) is 4.34 Å². The summed E-state index contributed by atoms with van der Waals surface area (Å²) in [5.74, 6) is 0.206. The number of tetrazole rings is 1. The lowest BCUT2D eigenvalue weighted by Crippen LogP contribution is -1.85. The molecule has 2 aromatic heterocycles. The Kier molecular flexibility index (Phi) is 2.42. The second-order valence-corrected chi connectivity index (χ2v) is 4.07. The van der Waals surface area contributed by atoms with E-state index in [1.807, 2.05) is 0 Å². The van der Waals surface area contributed by atoms with Gasteiger partial charge in [0.15, 0.2) is 5.82 Å². The smallest absolute Gasteiger partial charge is 0.238 e. The SMILES string of the molecule is FC(F)c1cc(Cl)sc1-c1nnn[nH]1. The molecule has 0 unspecified atom stereocenters. The Balaban J connectivity index is 2.52. The third kappa shape index (κ3) is 1.60. The second-order valence-electron chi connectivity index (χ2n) is 2.39. The molecule has 0 spiro atoms. The standard InChI is InChI=1S/C6H3ClF2N4S/c7-3-1-2(5(8)9)4(14-3)6-10-12-13-11-6/h1,5H,(H,10,11,12,13). The van der Waals surface area contributed by atoms with Crippen LogP contribution in [0, 0.1) is 0 Å². The van der Waals surface area contributed by atoms with Gasteiger partial charge in [0.25, 0.3) is 6.43 Å². The van der Waals surface area contributed by atoms with Crippen molar-refractivity contribution in [1.29, 1.82) is 0 Å². The fraction of sp³-hybridized carbons (Fsp3) is 0.167. The number of hydrogen-bond donors (Lipinski definition) is 1. The largest absolute Gasteiger partial charge is 0.265 e. The molecule has 2 rings (SSSR count). The highest BCUT2D eigenvalue weighted by Crippen LogP contribution is 2.38. The highest BCUT2D eigenvalue weighted by Gasteiger charge is 2.20. The Morgan fingerprint density at radius 2 is 2.29 bits per heavy atom. The molecule has 0 saturated heterocycles. The summed E-state index contributed by atoms with van der Waals surface area (Å²) in [5.41, 5.74) is -0.154. The molecular weight excluding hydrogens is 234 g/mol. The van der Waals surface area contributed by atoms with Crippen LogP contribution in [0.3, 0.4) is 0 Å². The van der Waals surface area contributed by atoms with Gasteiger partial charge in [-0.05, 0) is 16.5 Å². The zero-order valence-corrected chi connectivity index (χ0v) is 8.11. The van der Waals surface area contributed by atoms with E-state index in [0.717, 1.165) is 11.3 Å².